The Labute approximate surface area is 128 Å². The third-order valence-electron chi connectivity index (χ3n) is 4.00. The van der Waals surface area contributed by atoms with Crippen LogP contribution in [0.3, 0.4) is 0 Å². The maximum Gasteiger partial charge on any atom is 0.255 e. The van der Waals surface area contributed by atoms with Crippen molar-refractivity contribution in [2.45, 2.75) is 6.42 Å². The standard InChI is InChI=1S/C16H20N2O2S/c19-11-10-17-6-3-7-18(9-8-17)16(20)14-12-21-15-5-2-1-4-13(14)15/h1-2,4-5,12,19H,3,6-11H2. The van der Waals surface area contributed by atoms with Crippen molar-refractivity contribution >= 4 is 27.3 Å². The van der Waals surface area contributed by atoms with E-state index < -0.39 is 0 Å². The zero-order chi connectivity index (χ0) is 14.7. The van der Waals surface area contributed by atoms with Crippen LogP contribution < -0.4 is 0 Å². The van der Waals surface area contributed by atoms with Gasteiger partial charge in [-0.05, 0) is 19.0 Å². The zero-order valence-electron chi connectivity index (χ0n) is 12.0. The molecule has 0 spiro atoms. The first kappa shape index (κ1) is 14.5. The molecule has 1 saturated heterocycles. The summed E-state index contributed by atoms with van der Waals surface area (Å²) >= 11 is 1.63. The number of aliphatic hydroxyl groups excluding tert-OH is 1. The molecular weight excluding hydrogens is 284 g/mol. The third kappa shape index (κ3) is 3.10. The summed E-state index contributed by atoms with van der Waals surface area (Å²) in [5.74, 6) is 0.137. The largest absolute Gasteiger partial charge is 0.395 e. The monoisotopic (exact) mass is 304 g/mol. The summed E-state index contributed by atoms with van der Waals surface area (Å²) in [5, 5.41) is 12.1. The van der Waals surface area contributed by atoms with Crippen LogP contribution in [0.4, 0.5) is 0 Å². The van der Waals surface area contributed by atoms with E-state index >= 15 is 0 Å². The molecule has 2 aromatic rings. The van der Waals surface area contributed by atoms with E-state index in [4.69, 9.17) is 5.11 Å². The van der Waals surface area contributed by atoms with Crippen molar-refractivity contribution < 1.29 is 9.90 Å². The van der Waals surface area contributed by atoms with Crippen LogP contribution in [0.1, 0.15) is 16.8 Å². The van der Waals surface area contributed by atoms with Crippen LogP contribution in [0.2, 0.25) is 0 Å². The number of thiophene rings is 1. The van der Waals surface area contributed by atoms with Crippen LogP contribution in [0, 0.1) is 0 Å². The Bertz CT molecular complexity index is 626. The summed E-state index contributed by atoms with van der Waals surface area (Å²) in [6.45, 7) is 4.21. The van der Waals surface area contributed by atoms with Crippen molar-refractivity contribution in [3.05, 3.63) is 35.2 Å². The fraction of sp³-hybridized carbons (Fsp3) is 0.438. The van der Waals surface area contributed by atoms with E-state index in [0.717, 1.165) is 48.2 Å². The molecule has 1 N–H and O–H groups in total. The highest BCUT2D eigenvalue weighted by molar-refractivity contribution is 7.17. The first-order valence-corrected chi connectivity index (χ1v) is 8.26. The van der Waals surface area contributed by atoms with Crippen molar-refractivity contribution in [3.8, 4) is 0 Å². The van der Waals surface area contributed by atoms with Crippen molar-refractivity contribution in [3.63, 3.8) is 0 Å². The maximum atomic E-state index is 12.8. The lowest BCUT2D eigenvalue weighted by Crippen LogP contribution is -2.35. The Morgan fingerprint density at radius 3 is 2.90 bits per heavy atom. The number of fused-ring (bicyclic) bond motifs is 1. The zero-order valence-corrected chi connectivity index (χ0v) is 12.8. The second-order valence-corrected chi connectivity index (χ2v) is 6.27. The Morgan fingerprint density at radius 1 is 1.19 bits per heavy atom. The van der Waals surface area contributed by atoms with Gasteiger partial charge in [-0.1, -0.05) is 18.2 Å². The summed E-state index contributed by atoms with van der Waals surface area (Å²) in [5.41, 5.74) is 0.825. The maximum absolute atomic E-state index is 12.8. The molecule has 1 aromatic carbocycles. The molecule has 0 saturated carbocycles. The van der Waals surface area contributed by atoms with Gasteiger partial charge in [0.05, 0.1) is 12.2 Å². The van der Waals surface area contributed by atoms with Gasteiger partial charge < -0.3 is 10.0 Å². The van der Waals surface area contributed by atoms with Gasteiger partial charge in [0, 0.05) is 41.6 Å². The average Bonchev–Trinajstić information content (AvgIpc) is 2.80. The van der Waals surface area contributed by atoms with Crippen molar-refractivity contribution in [2.75, 3.05) is 39.3 Å². The molecule has 2 heterocycles. The SMILES string of the molecule is O=C(c1csc2ccccc12)N1CCCN(CCO)CC1. The molecule has 1 fully saturated rings. The Balaban J connectivity index is 1.76. The minimum atomic E-state index is 0.137. The highest BCUT2D eigenvalue weighted by atomic mass is 32.1. The fourth-order valence-corrected chi connectivity index (χ4v) is 3.79. The van der Waals surface area contributed by atoms with Crippen LogP contribution in [0.25, 0.3) is 10.1 Å². The summed E-state index contributed by atoms with van der Waals surface area (Å²) in [4.78, 5) is 16.9. The number of hydrogen-bond acceptors (Lipinski definition) is 4. The summed E-state index contributed by atoms with van der Waals surface area (Å²) < 4.78 is 1.16. The minimum Gasteiger partial charge on any atom is -0.395 e. The Morgan fingerprint density at radius 2 is 2.05 bits per heavy atom. The molecule has 0 radical (unpaired) electrons. The van der Waals surface area contributed by atoms with Crippen molar-refractivity contribution in [1.82, 2.24) is 9.80 Å². The fourth-order valence-electron chi connectivity index (χ4n) is 2.85. The molecule has 5 heteroatoms. The molecule has 21 heavy (non-hydrogen) atoms. The van der Waals surface area contributed by atoms with Crippen LogP contribution in [0.5, 0.6) is 0 Å². The number of hydrogen-bond donors (Lipinski definition) is 1. The van der Waals surface area contributed by atoms with Crippen LogP contribution >= 0.6 is 11.3 Å². The molecule has 112 valence electrons. The summed E-state index contributed by atoms with van der Waals surface area (Å²) in [6, 6.07) is 8.07. The molecule has 1 amide bonds. The molecule has 0 atom stereocenters. The topological polar surface area (TPSA) is 43.8 Å². The van der Waals surface area contributed by atoms with Crippen molar-refractivity contribution in [1.29, 1.82) is 0 Å². The van der Waals surface area contributed by atoms with Gasteiger partial charge in [0.25, 0.3) is 5.91 Å². The van der Waals surface area contributed by atoms with Crippen LogP contribution in [-0.4, -0.2) is 60.1 Å². The molecule has 0 unspecified atom stereocenters. The van der Waals surface area contributed by atoms with Gasteiger partial charge >= 0.3 is 0 Å². The quantitative estimate of drug-likeness (QED) is 0.944. The van der Waals surface area contributed by atoms with E-state index in [2.05, 4.69) is 11.0 Å². The molecule has 4 nitrogen and oxygen atoms in total. The van der Waals surface area contributed by atoms with Gasteiger partial charge in [0.2, 0.25) is 0 Å². The summed E-state index contributed by atoms with van der Waals surface area (Å²) in [6.07, 6.45) is 0.966. The Kier molecular flexibility index (Phi) is 4.53. The lowest BCUT2D eigenvalue weighted by Gasteiger charge is -2.21. The highest BCUT2D eigenvalue weighted by Crippen LogP contribution is 2.26. The van der Waals surface area contributed by atoms with Gasteiger partial charge in [0.15, 0.2) is 0 Å². The number of benzene rings is 1. The smallest absolute Gasteiger partial charge is 0.255 e. The van der Waals surface area contributed by atoms with E-state index in [-0.39, 0.29) is 12.5 Å². The molecule has 0 bridgehead atoms. The second-order valence-electron chi connectivity index (χ2n) is 5.36. The number of nitrogens with zero attached hydrogens (tertiary/aromatic N) is 2. The van der Waals surface area contributed by atoms with E-state index in [1.165, 1.54) is 0 Å². The van der Waals surface area contributed by atoms with E-state index in [0.29, 0.717) is 6.54 Å². The molecule has 1 aromatic heterocycles. The molecular formula is C16H20N2O2S. The predicted molar refractivity (Wildman–Crippen MR) is 85.9 cm³/mol. The number of carbonyl (C=O) groups is 1. The van der Waals surface area contributed by atoms with Crippen molar-refractivity contribution in [2.24, 2.45) is 0 Å². The first-order valence-electron chi connectivity index (χ1n) is 7.38. The molecule has 3 rings (SSSR count). The Hall–Kier alpha value is -1.43. The normalized spacial score (nSPS) is 17.1. The van der Waals surface area contributed by atoms with E-state index in [1.54, 1.807) is 11.3 Å². The number of amides is 1. The first-order chi connectivity index (χ1) is 10.3. The van der Waals surface area contributed by atoms with Crippen LogP contribution in [-0.2, 0) is 0 Å². The number of rotatable bonds is 3. The van der Waals surface area contributed by atoms with E-state index in [9.17, 15) is 4.79 Å². The lowest BCUT2D eigenvalue weighted by molar-refractivity contribution is 0.0763. The van der Waals surface area contributed by atoms with E-state index in [1.807, 2.05) is 28.5 Å². The van der Waals surface area contributed by atoms with Gasteiger partial charge in [-0.2, -0.15) is 0 Å². The minimum absolute atomic E-state index is 0.137. The molecule has 1 aliphatic heterocycles. The number of β-amino-alcohol motifs (C(OH)–C–C–N with tert-alkyl or cyclic N) is 1. The highest BCUT2D eigenvalue weighted by Gasteiger charge is 2.22. The lowest BCUT2D eigenvalue weighted by atomic mass is 10.1. The molecule has 1 aliphatic rings. The number of carbonyl (C=O) groups excluding carboxylic acids is 1. The van der Waals surface area contributed by atoms with Gasteiger partial charge in [-0.3, -0.25) is 9.69 Å². The average molecular weight is 304 g/mol. The third-order valence-corrected chi connectivity index (χ3v) is 4.97. The predicted octanol–water partition coefficient (Wildman–Crippen LogP) is 2.04. The second kappa shape index (κ2) is 6.56. The summed E-state index contributed by atoms with van der Waals surface area (Å²) in [7, 11) is 0. The van der Waals surface area contributed by atoms with Gasteiger partial charge in [-0.25, -0.2) is 0 Å². The molecule has 0 aliphatic carbocycles. The van der Waals surface area contributed by atoms with Crippen LogP contribution in [0.15, 0.2) is 29.6 Å². The number of aliphatic hydroxyl groups is 1. The van der Waals surface area contributed by atoms with Gasteiger partial charge in [-0.15, -0.1) is 11.3 Å². The van der Waals surface area contributed by atoms with Gasteiger partial charge in [0.1, 0.15) is 0 Å².